The van der Waals surface area contributed by atoms with Crippen molar-refractivity contribution >= 4 is 45.1 Å². The number of benzene rings is 1. The SMILES string of the molecule is CC(=O)NCC(=O)NCC(=O)c1ccc2c(N)cc3cccnc3c2n1. The van der Waals surface area contributed by atoms with Gasteiger partial charge in [0.1, 0.15) is 5.69 Å². The average Bonchev–Trinajstić information content (AvgIpc) is 2.64. The molecule has 1 aromatic carbocycles. The second kappa shape index (κ2) is 7.14. The Morgan fingerprint density at radius 1 is 1.08 bits per heavy atom. The number of carbonyl (C=O) groups is 3. The van der Waals surface area contributed by atoms with Crippen molar-refractivity contribution in [1.82, 2.24) is 20.6 Å². The van der Waals surface area contributed by atoms with E-state index in [2.05, 4.69) is 20.6 Å². The Morgan fingerprint density at radius 3 is 2.65 bits per heavy atom. The molecule has 0 unspecified atom stereocenters. The van der Waals surface area contributed by atoms with E-state index >= 15 is 0 Å². The molecular weight excluding hydrogens is 334 g/mol. The van der Waals surface area contributed by atoms with Gasteiger partial charge < -0.3 is 16.4 Å². The molecule has 2 aromatic heterocycles. The molecule has 26 heavy (non-hydrogen) atoms. The van der Waals surface area contributed by atoms with E-state index in [-0.39, 0.29) is 30.5 Å². The second-order valence-corrected chi connectivity index (χ2v) is 5.74. The van der Waals surface area contributed by atoms with Gasteiger partial charge in [-0.05, 0) is 24.3 Å². The lowest BCUT2D eigenvalue weighted by Gasteiger charge is -2.08. The molecule has 2 heterocycles. The first-order valence-electron chi connectivity index (χ1n) is 7.94. The molecule has 0 saturated heterocycles. The molecule has 0 fully saturated rings. The van der Waals surface area contributed by atoms with Crippen LogP contribution in [-0.2, 0) is 9.59 Å². The third-order valence-corrected chi connectivity index (χ3v) is 3.81. The number of hydrogen-bond donors (Lipinski definition) is 3. The van der Waals surface area contributed by atoms with Crippen LogP contribution in [0, 0.1) is 0 Å². The Kier molecular flexibility index (Phi) is 4.74. The smallest absolute Gasteiger partial charge is 0.239 e. The highest BCUT2D eigenvalue weighted by Crippen LogP contribution is 2.27. The number of anilines is 1. The number of rotatable bonds is 5. The number of ketones is 1. The van der Waals surface area contributed by atoms with Crippen molar-refractivity contribution < 1.29 is 14.4 Å². The molecule has 4 N–H and O–H groups in total. The summed E-state index contributed by atoms with van der Waals surface area (Å²) in [6.07, 6.45) is 1.65. The van der Waals surface area contributed by atoms with Crippen molar-refractivity contribution in [2.45, 2.75) is 6.92 Å². The molecule has 0 aliphatic heterocycles. The Bertz CT molecular complexity index is 1030. The zero-order valence-corrected chi connectivity index (χ0v) is 14.1. The molecule has 0 bridgehead atoms. The lowest BCUT2D eigenvalue weighted by atomic mass is 10.1. The van der Waals surface area contributed by atoms with E-state index in [9.17, 15) is 14.4 Å². The fraction of sp³-hybridized carbons (Fsp3) is 0.167. The zero-order valence-electron chi connectivity index (χ0n) is 14.1. The Balaban J connectivity index is 1.84. The summed E-state index contributed by atoms with van der Waals surface area (Å²) in [4.78, 5) is 43.4. The minimum Gasteiger partial charge on any atom is -0.398 e. The van der Waals surface area contributed by atoms with Gasteiger partial charge in [-0.15, -0.1) is 0 Å². The number of nitrogens with one attached hydrogen (secondary N) is 2. The van der Waals surface area contributed by atoms with Crippen molar-refractivity contribution in [3.63, 3.8) is 0 Å². The second-order valence-electron chi connectivity index (χ2n) is 5.74. The number of hydrogen-bond acceptors (Lipinski definition) is 6. The van der Waals surface area contributed by atoms with Crippen LogP contribution >= 0.6 is 0 Å². The van der Waals surface area contributed by atoms with Crippen molar-refractivity contribution in [3.8, 4) is 0 Å². The summed E-state index contributed by atoms with van der Waals surface area (Å²) in [5.41, 5.74) is 8.01. The van der Waals surface area contributed by atoms with Gasteiger partial charge >= 0.3 is 0 Å². The number of nitrogens with two attached hydrogens (primary N) is 1. The van der Waals surface area contributed by atoms with Crippen LogP contribution in [0.5, 0.6) is 0 Å². The first kappa shape index (κ1) is 17.3. The highest BCUT2D eigenvalue weighted by atomic mass is 16.2. The minimum atomic E-state index is -0.453. The zero-order chi connectivity index (χ0) is 18.7. The van der Waals surface area contributed by atoms with Crippen LogP contribution in [0.1, 0.15) is 17.4 Å². The van der Waals surface area contributed by atoms with Crippen LogP contribution in [0.15, 0.2) is 36.5 Å². The van der Waals surface area contributed by atoms with E-state index in [0.29, 0.717) is 22.1 Å². The first-order chi connectivity index (χ1) is 12.5. The molecule has 8 heteroatoms. The highest BCUT2D eigenvalue weighted by Gasteiger charge is 2.13. The summed E-state index contributed by atoms with van der Waals surface area (Å²) in [5, 5.41) is 6.35. The van der Waals surface area contributed by atoms with E-state index < -0.39 is 5.91 Å². The quantitative estimate of drug-likeness (QED) is 0.354. The van der Waals surface area contributed by atoms with Gasteiger partial charge in [-0.3, -0.25) is 19.4 Å². The predicted molar refractivity (Wildman–Crippen MR) is 97.5 cm³/mol. The topological polar surface area (TPSA) is 127 Å². The molecule has 8 nitrogen and oxygen atoms in total. The van der Waals surface area contributed by atoms with Crippen LogP contribution in [0.3, 0.4) is 0 Å². The number of nitrogens with zero attached hydrogens (tertiary/aromatic N) is 2. The maximum absolute atomic E-state index is 12.3. The molecule has 132 valence electrons. The third kappa shape index (κ3) is 3.59. The number of fused-ring (bicyclic) bond motifs is 3. The molecule has 0 aliphatic rings. The van der Waals surface area contributed by atoms with Crippen LogP contribution in [0.4, 0.5) is 5.69 Å². The first-order valence-corrected chi connectivity index (χ1v) is 7.94. The van der Waals surface area contributed by atoms with Crippen LogP contribution in [-0.4, -0.2) is 40.7 Å². The maximum Gasteiger partial charge on any atom is 0.239 e. The van der Waals surface area contributed by atoms with Gasteiger partial charge in [-0.25, -0.2) is 4.98 Å². The largest absolute Gasteiger partial charge is 0.398 e. The van der Waals surface area contributed by atoms with Crippen LogP contribution < -0.4 is 16.4 Å². The fourth-order valence-corrected chi connectivity index (χ4v) is 2.54. The van der Waals surface area contributed by atoms with Crippen LogP contribution in [0.25, 0.3) is 21.8 Å². The average molecular weight is 351 g/mol. The van der Waals surface area contributed by atoms with Gasteiger partial charge in [0.25, 0.3) is 0 Å². The van der Waals surface area contributed by atoms with E-state index in [0.717, 1.165) is 5.39 Å². The molecule has 0 saturated carbocycles. The molecule has 0 radical (unpaired) electrons. The fourth-order valence-electron chi connectivity index (χ4n) is 2.54. The standard InChI is InChI=1S/C18H17N5O3/c1-10(24)21-9-16(26)22-8-15(25)14-5-4-12-13(19)7-11-3-2-6-20-17(11)18(12)23-14/h2-7H,8-9,19H2,1H3,(H,21,24)(H,22,26). The Labute approximate surface area is 148 Å². The number of pyridine rings is 2. The summed E-state index contributed by atoms with van der Waals surface area (Å²) >= 11 is 0. The number of nitrogen functional groups attached to an aromatic ring is 1. The van der Waals surface area contributed by atoms with E-state index in [1.165, 1.54) is 6.92 Å². The maximum atomic E-state index is 12.3. The van der Waals surface area contributed by atoms with Gasteiger partial charge in [0.05, 0.1) is 24.1 Å². The molecule has 3 aromatic rings. The lowest BCUT2D eigenvalue weighted by Crippen LogP contribution is -2.38. The van der Waals surface area contributed by atoms with Gasteiger partial charge in [0.15, 0.2) is 5.78 Å². The summed E-state index contributed by atoms with van der Waals surface area (Å²) in [6, 6.07) is 8.77. The van der Waals surface area contributed by atoms with E-state index in [1.54, 1.807) is 24.4 Å². The minimum absolute atomic E-state index is 0.182. The molecule has 0 aliphatic carbocycles. The summed E-state index contributed by atoms with van der Waals surface area (Å²) < 4.78 is 0. The van der Waals surface area contributed by atoms with Gasteiger partial charge in [0.2, 0.25) is 11.8 Å². The molecule has 0 atom stereocenters. The number of amides is 2. The van der Waals surface area contributed by atoms with Crippen LogP contribution in [0.2, 0.25) is 0 Å². The molecule has 3 rings (SSSR count). The Morgan fingerprint density at radius 2 is 1.88 bits per heavy atom. The third-order valence-electron chi connectivity index (χ3n) is 3.81. The van der Waals surface area contributed by atoms with Gasteiger partial charge in [0, 0.05) is 29.6 Å². The number of aromatic nitrogens is 2. The van der Waals surface area contributed by atoms with Gasteiger partial charge in [-0.1, -0.05) is 6.07 Å². The summed E-state index contributed by atoms with van der Waals surface area (Å²) in [5.74, 6) is -1.13. The number of carbonyl (C=O) groups excluding carboxylic acids is 3. The monoisotopic (exact) mass is 351 g/mol. The summed E-state index contributed by atoms with van der Waals surface area (Å²) in [7, 11) is 0. The molecular formula is C18H17N5O3. The van der Waals surface area contributed by atoms with E-state index in [4.69, 9.17) is 5.73 Å². The van der Waals surface area contributed by atoms with Crippen molar-refractivity contribution in [1.29, 1.82) is 0 Å². The van der Waals surface area contributed by atoms with Crippen molar-refractivity contribution in [3.05, 3.63) is 42.2 Å². The normalized spacial score (nSPS) is 10.7. The van der Waals surface area contributed by atoms with Crippen molar-refractivity contribution in [2.75, 3.05) is 18.8 Å². The Hall–Kier alpha value is -3.55. The lowest BCUT2D eigenvalue weighted by molar-refractivity contribution is -0.124. The number of Topliss-reactive ketones (excluding diaryl/α,β-unsaturated/α-hetero) is 1. The van der Waals surface area contributed by atoms with Gasteiger partial charge in [-0.2, -0.15) is 0 Å². The molecule has 0 spiro atoms. The van der Waals surface area contributed by atoms with E-state index in [1.807, 2.05) is 12.1 Å². The molecule has 2 amide bonds. The predicted octanol–water partition coefficient (Wildman–Crippen LogP) is 0.800. The highest BCUT2D eigenvalue weighted by molar-refractivity contribution is 6.10. The van der Waals surface area contributed by atoms with Crippen molar-refractivity contribution in [2.24, 2.45) is 0 Å². The summed E-state index contributed by atoms with van der Waals surface area (Å²) in [6.45, 7) is 0.908.